The monoisotopic (exact) mass is 205 g/mol. The Labute approximate surface area is 67.5 Å². The number of hydrogen-bond acceptors (Lipinski definition) is 1. The molecule has 0 aromatic heterocycles. The van der Waals surface area contributed by atoms with Gasteiger partial charge in [-0.3, -0.25) is 4.90 Å². The molecular weight excluding hydrogens is 198 g/mol. The van der Waals surface area contributed by atoms with Crippen LogP contribution in [-0.2, 0) is 0 Å². The second kappa shape index (κ2) is 3.05. The minimum Gasteiger partial charge on any atom is -0.465 e. The normalized spacial score (nSPS) is 24.9. The summed E-state index contributed by atoms with van der Waals surface area (Å²) in [5.41, 5.74) is 0. The standard InChI is InChI=1S/C6H8BrNO2/c7-5-3-1-2-4-8(5)6(9)10/h1-2,5H,3-4H2,(H,9,10). The molecule has 4 heteroatoms. The van der Waals surface area contributed by atoms with E-state index in [9.17, 15) is 4.79 Å². The minimum absolute atomic E-state index is 0.0463. The summed E-state index contributed by atoms with van der Waals surface area (Å²) >= 11 is 3.25. The van der Waals surface area contributed by atoms with Crippen molar-refractivity contribution in [2.24, 2.45) is 0 Å². The molecule has 0 aliphatic carbocycles. The van der Waals surface area contributed by atoms with Crippen LogP contribution in [0.5, 0.6) is 0 Å². The Morgan fingerprint density at radius 2 is 2.40 bits per heavy atom. The van der Waals surface area contributed by atoms with Crippen molar-refractivity contribution in [2.45, 2.75) is 11.4 Å². The van der Waals surface area contributed by atoms with Gasteiger partial charge in [0, 0.05) is 6.54 Å². The smallest absolute Gasteiger partial charge is 0.408 e. The highest BCUT2D eigenvalue weighted by atomic mass is 79.9. The third-order valence-corrected chi connectivity index (χ3v) is 2.25. The molecule has 1 aliphatic rings. The molecule has 0 radical (unpaired) electrons. The summed E-state index contributed by atoms with van der Waals surface area (Å²) < 4.78 is 0. The summed E-state index contributed by atoms with van der Waals surface area (Å²) in [7, 11) is 0. The van der Waals surface area contributed by atoms with Crippen LogP contribution in [-0.4, -0.2) is 27.6 Å². The van der Waals surface area contributed by atoms with Crippen molar-refractivity contribution < 1.29 is 9.90 Å². The fourth-order valence-corrected chi connectivity index (χ4v) is 1.39. The fourth-order valence-electron chi connectivity index (χ4n) is 0.836. The van der Waals surface area contributed by atoms with Crippen molar-refractivity contribution in [1.82, 2.24) is 4.90 Å². The van der Waals surface area contributed by atoms with E-state index < -0.39 is 6.09 Å². The van der Waals surface area contributed by atoms with E-state index in [1.54, 1.807) is 0 Å². The molecule has 10 heavy (non-hydrogen) atoms. The first-order chi connectivity index (χ1) is 4.72. The Bertz CT molecular complexity index is 169. The largest absolute Gasteiger partial charge is 0.465 e. The van der Waals surface area contributed by atoms with E-state index in [1.807, 2.05) is 12.2 Å². The van der Waals surface area contributed by atoms with Gasteiger partial charge in [0.15, 0.2) is 0 Å². The average molecular weight is 206 g/mol. The lowest BCUT2D eigenvalue weighted by Crippen LogP contribution is -2.37. The van der Waals surface area contributed by atoms with Gasteiger partial charge in [0.2, 0.25) is 0 Å². The van der Waals surface area contributed by atoms with Gasteiger partial charge in [0.05, 0.1) is 4.95 Å². The Kier molecular flexibility index (Phi) is 2.32. The zero-order chi connectivity index (χ0) is 7.56. The molecule has 0 bridgehead atoms. The molecule has 0 aromatic carbocycles. The van der Waals surface area contributed by atoms with Crippen LogP contribution in [0.3, 0.4) is 0 Å². The van der Waals surface area contributed by atoms with Crippen LogP contribution in [0.25, 0.3) is 0 Å². The summed E-state index contributed by atoms with van der Waals surface area (Å²) in [6, 6.07) is 0. The van der Waals surface area contributed by atoms with E-state index in [2.05, 4.69) is 15.9 Å². The highest BCUT2D eigenvalue weighted by Gasteiger charge is 2.20. The summed E-state index contributed by atoms with van der Waals surface area (Å²) in [5.74, 6) is 0. The van der Waals surface area contributed by atoms with Gasteiger partial charge in [-0.1, -0.05) is 28.1 Å². The minimum atomic E-state index is -0.869. The third kappa shape index (κ3) is 1.50. The van der Waals surface area contributed by atoms with Crippen LogP contribution in [0.15, 0.2) is 12.2 Å². The Morgan fingerprint density at radius 1 is 1.70 bits per heavy atom. The van der Waals surface area contributed by atoms with Gasteiger partial charge in [-0.15, -0.1) is 0 Å². The van der Waals surface area contributed by atoms with Crippen molar-refractivity contribution in [1.29, 1.82) is 0 Å². The van der Waals surface area contributed by atoms with Gasteiger partial charge in [-0.25, -0.2) is 4.79 Å². The van der Waals surface area contributed by atoms with Crippen molar-refractivity contribution in [2.75, 3.05) is 6.54 Å². The number of nitrogens with zero attached hydrogens (tertiary/aromatic N) is 1. The number of carbonyl (C=O) groups is 1. The first-order valence-electron chi connectivity index (χ1n) is 3.00. The highest BCUT2D eigenvalue weighted by Crippen LogP contribution is 2.16. The third-order valence-electron chi connectivity index (χ3n) is 1.38. The highest BCUT2D eigenvalue weighted by molar-refractivity contribution is 9.09. The lowest BCUT2D eigenvalue weighted by molar-refractivity contribution is 0.145. The quantitative estimate of drug-likeness (QED) is 0.372. The summed E-state index contributed by atoms with van der Waals surface area (Å²) in [4.78, 5) is 11.7. The van der Waals surface area contributed by atoms with Crippen molar-refractivity contribution in [3.05, 3.63) is 12.2 Å². The fraction of sp³-hybridized carbons (Fsp3) is 0.500. The maximum Gasteiger partial charge on any atom is 0.408 e. The average Bonchev–Trinajstić information content (AvgIpc) is 1.88. The van der Waals surface area contributed by atoms with E-state index in [-0.39, 0.29) is 4.95 Å². The van der Waals surface area contributed by atoms with Gasteiger partial charge in [-0.2, -0.15) is 0 Å². The molecule has 3 nitrogen and oxygen atoms in total. The summed E-state index contributed by atoms with van der Waals surface area (Å²) in [6.07, 6.45) is 3.71. The number of carboxylic acid groups (broad SMARTS) is 1. The number of rotatable bonds is 0. The van der Waals surface area contributed by atoms with E-state index in [0.29, 0.717) is 6.54 Å². The van der Waals surface area contributed by atoms with Crippen LogP contribution in [0, 0.1) is 0 Å². The first kappa shape index (κ1) is 7.60. The van der Waals surface area contributed by atoms with E-state index in [1.165, 1.54) is 4.90 Å². The molecule has 1 atom stereocenters. The zero-order valence-corrected chi connectivity index (χ0v) is 6.91. The van der Waals surface area contributed by atoms with Crippen molar-refractivity contribution in [3.8, 4) is 0 Å². The second-order valence-corrected chi connectivity index (χ2v) is 3.13. The molecule has 0 saturated heterocycles. The molecule has 56 valence electrons. The van der Waals surface area contributed by atoms with Crippen LogP contribution < -0.4 is 0 Å². The Balaban J connectivity index is 2.59. The molecule has 0 aromatic rings. The molecule has 0 fully saturated rings. The van der Waals surface area contributed by atoms with Crippen molar-refractivity contribution in [3.63, 3.8) is 0 Å². The molecule has 1 unspecified atom stereocenters. The van der Waals surface area contributed by atoms with E-state index in [4.69, 9.17) is 5.11 Å². The number of alkyl halides is 1. The lowest BCUT2D eigenvalue weighted by Gasteiger charge is -2.25. The number of amides is 1. The van der Waals surface area contributed by atoms with Gasteiger partial charge in [0.1, 0.15) is 0 Å². The summed E-state index contributed by atoms with van der Waals surface area (Å²) in [6.45, 7) is 0.491. The molecule has 0 saturated carbocycles. The molecule has 1 rings (SSSR count). The molecule has 1 aliphatic heterocycles. The van der Waals surface area contributed by atoms with Crippen LogP contribution in [0.4, 0.5) is 4.79 Å². The molecular formula is C6H8BrNO2. The molecule has 0 spiro atoms. The zero-order valence-electron chi connectivity index (χ0n) is 5.33. The van der Waals surface area contributed by atoms with E-state index in [0.717, 1.165) is 6.42 Å². The van der Waals surface area contributed by atoms with Gasteiger partial charge < -0.3 is 5.11 Å². The second-order valence-electron chi connectivity index (χ2n) is 2.08. The number of hydrogen-bond donors (Lipinski definition) is 1. The lowest BCUT2D eigenvalue weighted by atomic mass is 10.3. The van der Waals surface area contributed by atoms with Crippen molar-refractivity contribution >= 4 is 22.0 Å². The van der Waals surface area contributed by atoms with Crippen LogP contribution in [0.2, 0.25) is 0 Å². The van der Waals surface area contributed by atoms with Gasteiger partial charge >= 0.3 is 6.09 Å². The maximum atomic E-state index is 10.4. The van der Waals surface area contributed by atoms with Crippen LogP contribution >= 0.6 is 15.9 Å². The SMILES string of the molecule is O=C(O)N1CC=CCC1Br. The predicted octanol–water partition coefficient (Wildman–Crippen LogP) is 1.65. The van der Waals surface area contributed by atoms with Gasteiger partial charge in [0.25, 0.3) is 0 Å². The topological polar surface area (TPSA) is 40.5 Å². The Morgan fingerprint density at radius 3 is 2.80 bits per heavy atom. The molecule has 1 amide bonds. The molecule has 1 heterocycles. The number of halogens is 1. The maximum absolute atomic E-state index is 10.4. The predicted molar refractivity (Wildman–Crippen MR) is 41.2 cm³/mol. The van der Waals surface area contributed by atoms with Crippen LogP contribution in [0.1, 0.15) is 6.42 Å². The first-order valence-corrected chi connectivity index (χ1v) is 3.92. The molecule has 1 N–H and O–H groups in total. The Hall–Kier alpha value is -0.510. The summed E-state index contributed by atoms with van der Waals surface area (Å²) in [5, 5.41) is 8.57. The van der Waals surface area contributed by atoms with Gasteiger partial charge in [-0.05, 0) is 6.42 Å². The van der Waals surface area contributed by atoms with E-state index >= 15 is 0 Å².